The predicted octanol–water partition coefficient (Wildman–Crippen LogP) is 12.3. The van der Waals surface area contributed by atoms with Crippen LogP contribution in [0.2, 0.25) is 0 Å². The molecule has 1 aliphatic rings. The first-order valence-electron chi connectivity index (χ1n) is 18.1. The molecular formula is C44H48F2N2O2. The van der Waals surface area contributed by atoms with Gasteiger partial charge in [-0.3, -0.25) is 0 Å². The maximum absolute atomic E-state index is 14.5. The second-order valence-corrected chi connectivity index (χ2v) is 13.7. The monoisotopic (exact) mass is 674 g/mol. The molecule has 0 aliphatic heterocycles. The topological polar surface area (TPSA) is 70.5 Å². The third-order valence-electron chi connectivity index (χ3n) is 10.3. The van der Waals surface area contributed by atoms with Crippen molar-refractivity contribution >= 4 is 11.4 Å². The van der Waals surface area contributed by atoms with E-state index >= 15 is 0 Å². The standard InChI is InChI=1S/C44H48F2N2O2/c1-2-3-4-5-6-7-8-31-9-11-32(12-10-31)33-25-27-44(28-26-33,34-13-19-38(20-14-34)49-42-23-17-36(47)29-40(42)45)35-15-21-39(22-16-35)50-43-24-18-37(48)30-41(43)46/h9-24,29-30,33H,2-8,25-28,47-48H2,1H3. The number of unbranched alkanes of at least 4 members (excludes halogenated alkanes) is 5. The minimum Gasteiger partial charge on any atom is -0.454 e. The number of anilines is 2. The van der Waals surface area contributed by atoms with Gasteiger partial charge in [-0.15, -0.1) is 0 Å². The Morgan fingerprint density at radius 3 is 1.56 bits per heavy atom. The van der Waals surface area contributed by atoms with Crippen LogP contribution >= 0.6 is 0 Å². The zero-order valence-corrected chi connectivity index (χ0v) is 29.0. The molecule has 1 saturated carbocycles. The van der Waals surface area contributed by atoms with E-state index in [9.17, 15) is 8.78 Å². The summed E-state index contributed by atoms with van der Waals surface area (Å²) in [7, 11) is 0. The highest BCUT2D eigenvalue weighted by Gasteiger charge is 2.39. The van der Waals surface area contributed by atoms with E-state index < -0.39 is 11.6 Å². The summed E-state index contributed by atoms with van der Waals surface area (Å²) in [5.74, 6) is 0.856. The van der Waals surface area contributed by atoms with E-state index in [0.717, 1.165) is 32.1 Å². The van der Waals surface area contributed by atoms with Gasteiger partial charge in [0.05, 0.1) is 0 Å². The third-order valence-corrected chi connectivity index (χ3v) is 10.3. The Morgan fingerprint density at radius 2 is 1.08 bits per heavy atom. The Hall–Kier alpha value is -4.84. The van der Waals surface area contributed by atoms with Crippen molar-refractivity contribution in [3.63, 3.8) is 0 Å². The van der Waals surface area contributed by atoms with E-state index in [1.807, 2.05) is 24.3 Å². The second-order valence-electron chi connectivity index (χ2n) is 13.7. The minimum absolute atomic E-state index is 0.133. The molecule has 0 bridgehead atoms. The van der Waals surface area contributed by atoms with Crippen LogP contribution in [0.5, 0.6) is 23.0 Å². The molecule has 0 unspecified atom stereocenters. The zero-order valence-electron chi connectivity index (χ0n) is 29.0. The smallest absolute Gasteiger partial charge is 0.167 e. The van der Waals surface area contributed by atoms with Gasteiger partial charge in [-0.2, -0.15) is 0 Å². The molecule has 5 aromatic carbocycles. The van der Waals surface area contributed by atoms with E-state index in [2.05, 4.69) is 55.5 Å². The van der Waals surface area contributed by atoms with Crippen molar-refractivity contribution in [2.24, 2.45) is 0 Å². The molecule has 0 saturated heterocycles. The fraction of sp³-hybridized carbons (Fsp3) is 0.318. The van der Waals surface area contributed by atoms with Gasteiger partial charge in [-0.05, 0) is 115 Å². The number of nitrogens with two attached hydrogens (primary N) is 2. The molecule has 6 heteroatoms. The van der Waals surface area contributed by atoms with Crippen LogP contribution in [0.4, 0.5) is 20.2 Å². The summed E-state index contributed by atoms with van der Waals surface area (Å²) in [4.78, 5) is 0. The Labute approximate surface area is 295 Å². The van der Waals surface area contributed by atoms with Gasteiger partial charge in [-0.25, -0.2) is 8.78 Å². The van der Waals surface area contributed by atoms with E-state index in [4.69, 9.17) is 20.9 Å². The van der Waals surface area contributed by atoms with Crippen molar-refractivity contribution < 1.29 is 18.3 Å². The summed E-state index contributed by atoms with van der Waals surface area (Å²) in [5, 5.41) is 0. The fourth-order valence-corrected chi connectivity index (χ4v) is 7.39. The van der Waals surface area contributed by atoms with Crippen molar-refractivity contribution in [1.82, 2.24) is 0 Å². The summed E-state index contributed by atoms with van der Waals surface area (Å²) in [6.07, 6.45) is 13.0. The lowest BCUT2D eigenvalue weighted by atomic mass is 9.62. The van der Waals surface area contributed by atoms with Crippen molar-refractivity contribution in [3.05, 3.63) is 143 Å². The second kappa shape index (κ2) is 16.2. The lowest BCUT2D eigenvalue weighted by Crippen LogP contribution is -2.32. The predicted molar refractivity (Wildman–Crippen MR) is 200 cm³/mol. The van der Waals surface area contributed by atoms with E-state index in [1.165, 1.54) is 72.9 Å². The summed E-state index contributed by atoms with van der Waals surface area (Å²) in [6, 6.07) is 34.2. The maximum atomic E-state index is 14.5. The molecule has 50 heavy (non-hydrogen) atoms. The van der Waals surface area contributed by atoms with Gasteiger partial charge in [0.25, 0.3) is 0 Å². The fourth-order valence-electron chi connectivity index (χ4n) is 7.39. The highest BCUT2D eigenvalue weighted by molar-refractivity contribution is 5.48. The van der Waals surface area contributed by atoms with Gasteiger partial charge in [0.1, 0.15) is 11.5 Å². The largest absolute Gasteiger partial charge is 0.454 e. The number of nitrogen functional groups attached to an aromatic ring is 2. The lowest BCUT2D eigenvalue weighted by Gasteiger charge is -2.41. The van der Waals surface area contributed by atoms with Crippen LogP contribution in [-0.2, 0) is 11.8 Å². The van der Waals surface area contributed by atoms with Crippen molar-refractivity contribution in [1.29, 1.82) is 0 Å². The minimum atomic E-state index is -0.500. The van der Waals surface area contributed by atoms with E-state index in [0.29, 0.717) is 28.8 Å². The molecule has 4 nitrogen and oxygen atoms in total. The Balaban J connectivity index is 1.19. The average molecular weight is 675 g/mol. The maximum Gasteiger partial charge on any atom is 0.167 e. The third kappa shape index (κ3) is 8.47. The number of rotatable bonds is 14. The lowest BCUT2D eigenvalue weighted by molar-refractivity contribution is 0.314. The SMILES string of the molecule is CCCCCCCCc1ccc(C2CCC(c3ccc(Oc4ccc(N)cc4F)cc3)(c3ccc(Oc4ccc(N)cc4F)cc3)CC2)cc1. The highest BCUT2D eigenvalue weighted by atomic mass is 19.1. The number of hydrogen-bond donors (Lipinski definition) is 2. The van der Waals surface area contributed by atoms with Crippen LogP contribution in [0.15, 0.2) is 109 Å². The quantitative estimate of drug-likeness (QED) is 0.0908. The summed E-state index contributed by atoms with van der Waals surface area (Å²) >= 11 is 0. The number of benzene rings is 5. The van der Waals surface area contributed by atoms with Crippen molar-refractivity contribution in [3.8, 4) is 23.0 Å². The molecule has 1 fully saturated rings. The van der Waals surface area contributed by atoms with Gasteiger partial charge in [0.15, 0.2) is 23.1 Å². The molecule has 0 spiro atoms. The van der Waals surface area contributed by atoms with Crippen molar-refractivity contribution in [2.75, 3.05) is 11.5 Å². The number of halogens is 2. The van der Waals surface area contributed by atoms with Crippen LogP contribution in [0.3, 0.4) is 0 Å². The average Bonchev–Trinajstić information content (AvgIpc) is 3.13. The van der Waals surface area contributed by atoms with Crippen LogP contribution < -0.4 is 20.9 Å². The Kier molecular flexibility index (Phi) is 11.4. The molecule has 1 aliphatic carbocycles. The van der Waals surface area contributed by atoms with Gasteiger partial charge in [-0.1, -0.05) is 87.6 Å². The molecule has 0 aromatic heterocycles. The molecule has 0 amide bonds. The number of hydrogen-bond acceptors (Lipinski definition) is 4. The Morgan fingerprint density at radius 1 is 0.600 bits per heavy atom. The van der Waals surface area contributed by atoms with Gasteiger partial charge < -0.3 is 20.9 Å². The Bertz CT molecular complexity index is 1730. The molecule has 5 aromatic rings. The normalized spacial score (nSPS) is 14.4. The van der Waals surface area contributed by atoms with Crippen LogP contribution in [-0.4, -0.2) is 0 Å². The van der Waals surface area contributed by atoms with E-state index in [-0.39, 0.29) is 16.9 Å². The molecule has 0 radical (unpaired) electrons. The number of aryl methyl sites for hydroxylation is 1. The molecule has 4 N–H and O–H groups in total. The summed E-state index contributed by atoms with van der Waals surface area (Å²) in [5.41, 5.74) is 17.1. The molecular weight excluding hydrogens is 626 g/mol. The van der Waals surface area contributed by atoms with Gasteiger partial charge >= 0.3 is 0 Å². The van der Waals surface area contributed by atoms with Crippen LogP contribution in [0, 0.1) is 11.6 Å². The first kappa shape index (κ1) is 35.0. The summed E-state index contributed by atoms with van der Waals surface area (Å²) in [6.45, 7) is 2.26. The summed E-state index contributed by atoms with van der Waals surface area (Å²) < 4.78 is 40.7. The van der Waals surface area contributed by atoms with Crippen LogP contribution in [0.25, 0.3) is 0 Å². The van der Waals surface area contributed by atoms with Crippen LogP contribution in [0.1, 0.15) is 99.3 Å². The zero-order chi connectivity index (χ0) is 34.9. The van der Waals surface area contributed by atoms with E-state index in [1.54, 1.807) is 24.3 Å². The molecule has 0 atom stereocenters. The number of ether oxygens (including phenoxy) is 2. The first-order valence-corrected chi connectivity index (χ1v) is 18.1. The molecule has 260 valence electrons. The van der Waals surface area contributed by atoms with Crippen molar-refractivity contribution in [2.45, 2.75) is 88.9 Å². The first-order chi connectivity index (χ1) is 24.3. The van der Waals surface area contributed by atoms with Gasteiger partial charge in [0, 0.05) is 28.9 Å². The highest BCUT2D eigenvalue weighted by Crippen LogP contribution is 2.50. The van der Waals surface area contributed by atoms with Gasteiger partial charge in [0.2, 0.25) is 0 Å². The molecule has 6 rings (SSSR count). The molecule has 0 heterocycles.